The van der Waals surface area contributed by atoms with Crippen LogP contribution in [0.4, 0.5) is 10.5 Å². The number of amides is 1. The third-order valence-electron chi connectivity index (χ3n) is 3.45. The lowest BCUT2D eigenvalue weighted by atomic mass is 10.1. The van der Waals surface area contributed by atoms with Crippen LogP contribution in [0.3, 0.4) is 0 Å². The van der Waals surface area contributed by atoms with Gasteiger partial charge in [0.15, 0.2) is 5.75 Å². The molecule has 0 aliphatic rings. The standard InChI is InChI=1S/C17H17Cl2NO3/c1-10-13(18)16(22-3)14(19)11(2)15(10)20-17(21)23-9-12-7-5-4-6-8-12/h4-8H,9H2,1-3H3,(H,20,21). The van der Waals surface area contributed by atoms with Crippen molar-refractivity contribution >= 4 is 35.0 Å². The molecular formula is C17H17Cl2NO3. The Hall–Kier alpha value is -1.91. The van der Waals surface area contributed by atoms with Crippen LogP contribution in [0.5, 0.6) is 5.75 Å². The number of halogens is 2. The van der Waals surface area contributed by atoms with Crippen molar-refractivity contribution in [1.82, 2.24) is 0 Å². The molecule has 0 aliphatic heterocycles. The molecule has 4 nitrogen and oxygen atoms in total. The largest absolute Gasteiger partial charge is 0.494 e. The highest BCUT2D eigenvalue weighted by Crippen LogP contribution is 2.42. The normalized spacial score (nSPS) is 10.3. The number of carbonyl (C=O) groups excluding carboxylic acids is 1. The van der Waals surface area contributed by atoms with Crippen LogP contribution in [-0.2, 0) is 11.3 Å². The van der Waals surface area contributed by atoms with Crippen LogP contribution in [0.2, 0.25) is 10.0 Å². The first kappa shape index (κ1) is 17.4. The predicted octanol–water partition coefficient (Wildman–Crippen LogP) is 5.37. The molecule has 0 unspecified atom stereocenters. The average molecular weight is 354 g/mol. The summed E-state index contributed by atoms with van der Waals surface area (Å²) in [6.07, 6.45) is -0.572. The Morgan fingerprint density at radius 2 is 1.65 bits per heavy atom. The molecule has 23 heavy (non-hydrogen) atoms. The topological polar surface area (TPSA) is 47.6 Å². The maximum Gasteiger partial charge on any atom is 0.411 e. The van der Waals surface area contributed by atoms with Crippen LogP contribution in [0, 0.1) is 13.8 Å². The van der Waals surface area contributed by atoms with Crippen molar-refractivity contribution in [3.63, 3.8) is 0 Å². The third kappa shape index (κ3) is 3.89. The fraction of sp³-hybridized carbons (Fsp3) is 0.235. The SMILES string of the molecule is COc1c(Cl)c(C)c(NC(=O)OCc2ccccc2)c(C)c1Cl. The van der Waals surface area contributed by atoms with Gasteiger partial charge in [-0.2, -0.15) is 0 Å². The predicted molar refractivity (Wildman–Crippen MR) is 92.7 cm³/mol. The quantitative estimate of drug-likeness (QED) is 0.803. The van der Waals surface area contributed by atoms with Crippen LogP contribution in [0.1, 0.15) is 16.7 Å². The summed E-state index contributed by atoms with van der Waals surface area (Å²) in [5.74, 6) is 0.395. The van der Waals surface area contributed by atoms with E-state index in [9.17, 15) is 4.79 Å². The van der Waals surface area contributed by atoms with Gasteiger partial charge >= 0.3 is 6.09 Å². The molecule has 0 saturated carbocycles. The van der Waals surface area contributed by atoms with Crippen LogP contribution < -0.4 is 10.1 Å². The zero-order valence-electron chi connectivity index (χ0n) is 13.1. The molecule has 2 rings (SSSR count). The van der Waals surface area contributed by atoms with Crippen molar-refractivity contribution in [1.29, 1.82) is 0 Å². The summed E-state index contributed by atoms with van der Waals surface area (Å²) in [6.45, 7) is 3.74. The monoisotopic (exact) mass is 353 g/mol. The summed E-state index contributed by atoms with van der Waals surface area (Å²) in [7, 11) is 1.49. The van der Waals surface area contributed by atoms with Crippen LogP contribution in [0.25, 0.3) is 0 Å². The molecule has 0 bridgehead atoms. The highest BCUT2D eigenvalue weighted by atomic mass is 35.5. The van der Waals surface area contributed by atoms with E-state index in [1.54, 1.807) is 13.8 Å². The van der Waals surface area contributed by atoms with Gasteiger partial charge in [0.2, 0.25) is 0 Å². The van der Waals surface area contributed by atoms with Gasteiger partial charge in [-0.05, 0) is 30.5 Å². The third-order valence-corrected chi connectivity index (χ3v) is 4.36. The van der Waals surface area contributed by atoms with Crippen LogP contribution >= 0.6 is 23.2 Å². The van der Waals surface area contributed by atoms with E-state index in [0.29, 0.717) is 32.6 Å². The van der Waals surface area contributed by atoms with Gasteiger partial charge < -0.3 is 9.47 Å². The Kier molecular flexibility index (Phi) is 5.74. The Morgan fingerprint density at radius 3 is 2.17 bits per heavy atom. The molecule has 0 aliphatic carbocycles. The summed E-state index contributed by atoms with van der Waals surface area (Å²) in [5.41, 5.74) is 2.77. The van der Waals surface area contributed by atoms with Gasteiger partial charge in [-0.1, -0.05) is 53.5 Å². The summed E-state index contributed by atoms with van der Waals surface area (Å²) >= 11 is 12.5. The van der Waals surface area contributed by atoms with E-state index in [-0.39, 0.29) is 6.61 Å². The Bertz CT molecular complexity index is 689. The molecule has 0 heterocycles. The molecule has 0 fully saturated rings. The Balaban J connectivity index is 2.15. The first-order valence-corrected chi connectivity index (χ1v) is 7.71. The second kappa shape index (κ2) is 7.57. The number of rotatable bonds is 4. The van der Waals surface area contributed by atoms with Crippen molar-refractivity contribution in [3.8, 4) is 5.75 Å². The van der Waals surface area contributed by atoms with Gasteiger partial charge in [0.25, 0.3) is 0 Å². The molecule has 122 valence electrons. The molecule has 2 aromatic carbocycles. The summed E-state index contributed by atoms with van der Waals surface area (Å²) in [4.78, 5) is 12.0. The lowest BCUT2D eigenvalue weighted by Gasteiger charge is -2.17. The fourth-order valence-corrected chi connectivity index (χ4v) is 2.75. The maximum absolute atomic E-state index is 12.0. The average Bonchev–Trinajstić information content (AvgIpc) is 2.56. The number of hydrogen-bond donors (Lipinski definition) is 1. The molecular weight excluding hydrogens is 337 g/mol. The molecule has 0 spiro atoms. The van der Waals surface area contributed by atoms with Crippen molar-refractivity contribution < 1.29 is 14.3 Å². The molecule has 1 N–H and O–H groups in total. The highest BCUT2D eigenvalue weighted by Gasteiger charge is 2.19. The first-order valence-electron chi connectivity index (χ1n) is 6.95. The molecule has 0 saturated heterocycles. The number of anilines is 1. The minimum atomic E-state index is -0.572. The second-order valence-electron chi connectivity index (χ2n) is 4.97. The zero-order chi connectivity index (χ0) is 17.0. The first-order chi connectivity index (χ1) is 11.0. The lowest BCUT2D eigenvalue weighted by Crippen LogP contribution is -2.15. The summed E-state index contributed by atoms with van der Waals surface area (Å²) < 4.78 is 10.4. The van der Waals surface area contributed by atoms with Crippen molar-refractivity contribution in [2.45, 2.75) is 20.5 Å². The number of carbonyl (C=O) groups is 1. The molecule has 6 heteroatoms. The van der Waals surface area contributed by atoms with E-state index in [4.69, 9.17) is 32.7 Å². The molecule has 0 radical (unpaired) electrons. The number of hydrogen-bond acceptors (Lipinski definition) is 3. The molecule has 0 atom stereocenters. The maximum atomic E-state index is 12.0. The van der Waals surface area contributed by atoms with Gasteiger partial charge in [-0.15, -0.1) is 0 Å². The van der Waals surface area contributed by atoms with E-state index >= 15 is 0 Å². The molecule has 1 amide bonds. The van der Waals surface area contributed by atoms with Gasteiger partial charge in [0.1, 0.15) is 6.61 Å². The van der Waals surface area contributed by atoms with Crippen LogP contribution in [-0.4, -0.2) is 13.2 Å². The van der Waals surface area contributed by atoms with Crippen LogP contribution in [0.15, 0.2) is 30.3 Å². The number of methoxy groups -OCH3 is 1. The van der Waals surface area contributed by atoms with Gasteiger partial charge in [-0.3, -0.25) is 5.32 Å². The molecule has 2 aromatic rings. The fourth-order valence-electron chi connectivity index (χ4n) is 2.17. The Morgan fingerprint density at radius 1 is 1.09 bits per heavy atom. The number of nitrogens with one attached hydrogen (secondary N) is 1. The van der Waals surface area contributed by atoms with E-state index in [0.717, 1.165) is 5.56 Å². The van der Waals surface area contributed by atoms with E-state index in [1.807, 2.05) is 30.3 Å². The zero-order valence-corrected chi connectivity index (χ0v) is 14.6. The number of benzene rings is 2. The minimum absolute atomic E-state index is 0.183. The minimum Gasteiger partial charge on any atom is -0.494 e. The van der Waals surface area contributed by atoms with Crippen molar-refractivity contribution in [2.24, 2.45) is 0 Å². The van der Waals surface area contributed by atoms with E-state index in [2.05, 4.69) is 5.32 Å². The van der Waals surface area contributed by atoms with E-state index < -0.39 is 6.09 Å². The van der Waals surface area contributed by atoms with Gasteiger partial charge in [-0.25, -0.2) is 4.79 Å². The lowest BCUT2D eigenvalue weighted by molar-refractivity contribution is 0.155. The molecule has 0 aromatic heterocycles. The number of ether oxygens (including phenoxy) is 2. The Labute approximate surface area is 145 Å². The van der Waals surface area contributed by atoms with Gasteiger partial charge in [0, 0.05) is 0 Å². The second-order valence-corrected chi connectivity index (χ2v) is 5.73. The van der Waals surface area contributed by atoms with Crippen molar-refractivity contribution in [3.05, 3.63) is 57.1 Å². The van der Waals surface area contributed by atoms with E-state index in [1.165, 1.54) is 7.11 Å². The smallest absolute Gasteiger partial charge is 0.411 e. The highest BCUT2D eigenvalue weighted by molar-refractivity contribution is 6.39. The van der Waals surface area contributed by atoms with Gasteiger partial charge in [0.05, 0.1) is 22.8 Å². The van der Waals surface area contributed by atoms with Crippen molar-refractivity contribution in [2.75, 3.05) is 12.4 Å². The summed E-state index contributed by atoms with van der Waals surface area (Å²) in [5, 5.41) is 3.42. The summed E-state index contributed by atoms with van der Waals surface area (Å²) in [6, 6.07) is 9.43.